The number of nitrogens with zero attached hydrogens (tertiary/aromatic N) is 1. The fourth-order valence-electron chi connectivity index (χ4n) is 7.53. The van der Waals surface area contributed by atoms with Crippen LogP contribution in [0, 0.1) is 34.5 Å². The molecule has 0 radical (unpaired) electrons. The largest absolute Gasteiger partial charge is 0.393 e. The van der Waals surface area contributed by atoms with Crippen LogP contribution in [0.3, 0.4) is 0 Å². The van der Waals surface area contributed by atoms with Crippen LogP contribution in [0.15, 0.2) is 11.6 Å². The molecule has 3 unspecified atom stereocenters. The van der Waals surface area contributed by atoms with E-state index in [4.69, 9.17) is 0 Å². The van der Waals surface area contributed by atoms with Crippen LogP contribution in [-0.2, 0) is 4.79 Å². The molecule has 0 bridgehead atoms. The average molecular weight is 346 g/mol. The van der Waals surface area contributed by atoms with Crippen LogP contribution in [0.25, 0.3) is 0 Å². The van der Waals surface area contributed by atoms with E-state index in [9.17, 15) is 9.90 Å². The highest BCUT2D eigenvalue weighted by Gasteiger charge is 2.61. The minimum Gasteiger partial charge on any atom is -0.393 e. The summed E-state index contributed by atoms with van der Waals surface area (Å²) in [6.07, 6.45) is 9.17. The van der Waals surface area contributed by atoms with E-state index >= 15 is 0 Å². The van der Waals surface area contributed by atoms with Crippen molar-refractivity contribution in [3.8, 4) is 0 Å². The highest BCUT2D eigenvalue weighted by Crippen LogP contribution is 2.66. The standard InChI is InChI=1S/C22H35NO2/c1-21-10-9-16(24)11-14(21)5-7-17-18-8-6-15(13-23(3)4)22(18,2)12-19(25)20(17)21/h11,15,17-20,25H,5-10,12-13H2,1-4H3/t15-,17?,18?,19+,20?,21+,22-/m1/s1. The lowest BCUT2D eigenvalue weighted by Crippen LogP contribution is -2.57. The van der Waals surface area contributed by atoms with Gasteiger partial charge in [0.25, 0.3) is 0 Å². The Bertz CT molecular complexity index is 597. The molecule has 3 nitrogen and oxygen atoms in total. The zero-order chi connectivity index (χ0) is 18.0. The predicted molar refractivity (Wildman–Crippen MR) is 100 cm³/mol. The summed E-state index contributed by atoms with van der Waals surface area (Å²) in [6, 6.07) is 0. The van der Waals surface area contributed by atoms with Gasteiger partial charge in [-0.1, -0.05) is 19.4 Å². The number of aliphatic hydroxyl groups excluding tert-OH is 1. The first-order chi connectivity index (χ1) is 11.8. The van der Waals surface area contributed by atoms with Crippen LogP contribution in [0.5, 0.6) is 0 Å². The molecule has 0 aromatic carbocycles. The Morgan fingerprint density at radius 1 is 1.20 bits per heavy atom. The fraction of sp³-hybridized carbons (Fsp3) is 0.864. The Morgan fingerprint density at radius 2 is 1.96 bits per heavy atom. The van der Waals surface area contributed by atoms with Crippen LogP contribution >= 0.6 is 0 Å². The van der Waals surface area contributed by atoms with Gasteiger partial charge in [0, 0.05) is 13.0 Å². The summed E-state index contributed by atoms with van der Waals surface area (Å²) in [5.74, 6) is 2.75. The number of hydrogen-bond donors (Lipinski definition) is 1. The molecule has 4 rings (SSSR count). The molecular formula is C22H35NO2. The van der Waals surface area contributed by atoms with Crippen molar-refractivity contribution in [3.05, 3.63) is 11.6 Å². The van der Waals surface area contributed by atoms with Gasteiger partial charge in [0.1, 0.15) is 0 Å². The molecule has 140 valence electrons. The maximum absolute atomic E-state index is 11.9. The summed E-state index contributed by atoms with van der Waals surface area (Å²) in [7, 11) is 4.35. The predicted octanol–water partition coefficient (Wildman–Crippen LogP) is 3.67. The van der Waals surface area contributed by atoms with Crippen molar-refractivity contribution >= 4 is 5.78 Å². The highest BCUT2D eigenvalue weighted by molar-refractivity contribution is 5.91. The Hall–Kier alpha value is -0.670. The van der Waals surface area contributed by atoms with Crippen LogP contribution in [0.2, 0.25) is 0 Å². The molecule has 3 saturated carbocycles. The third-order valence-corrected chi connectivity index (χ3v) is 8.68. The van der Waals surface area contributed by atoms with Crippen molar-refractivity contribution in [1.82, 2.24) is 4.90 Å². The molecule has 0 heterocycles. The molecule has 1 N–H and O–H groups in total. The first-order valence-corrected chi connectivity index (χ1v) is 10.3. The van der Waals surface area contributed by atoms with Gasteiger partial charge >= 0.3 is 0 Å². The highest BCUT2D eigenvalue weighted by atomic mass is 16.3. The van der Waals surface area contributed by atoms with E-state index in [0.29, 0.717) is 30.0 Å². The van der Waals surface area contributed by atoms with Crippen molar-refractivity contribution < 1.29 is 9.90 Å². The molecule has 25 heavy (non-hydrogen) atoms. The third-order valence-electron chi connectivity index (χ3n) is 8.68. The normalized spacial score (nSPS) is 49.4. The molecule has 4 aliphatic rings. The zero-order valence-electron chi connectivity index (χ0n) is 16.4. The smallest absolute Gasteiger partial charge is 0.155 e. The summed E-state index contributed by atoms with van der Waals surface area (Å²) in [5, 5.41) is 11.3. The van der Waals surface area contributed by atoms with Crippen molar-refractivity contribution in [1.29, 1.82) is 0 Å². The molecule has 0 aromatic rings. The maximum atomic E-state index is 11.9. The first-order valence-electron chi connectivity index (χ1n) is 10.3. The molecule has 0 amide bonds. The van der Waals surface area contributed by atoms with Gasteiger partial charge in [-0.25, -0.2) is 0 Å². The first kappa shape index (κ1) is 17.7. The topological polar surface area (TPSA) is 40.5 Å². The summed E-state index contributed by atoms with van der Waals surface area (Å²) in [4.78, 5) is 14.3. The molecule has 0 aliphatic heterocycles. The van der Waals surface area contributed by atoms with Gasteiger partial charge in [0.2, 0.25) is 0 Å². The average Bonchev–Trinajstić information content (AvgIpc) is 2.83. The Morgan fingerprint density at radius 3 is 2.68 bits per heavy atom. The molecule has 7 atom stereocenters. The number of rotatable bonds is 2. The van der Waals surface area contributed by atoms with Gasteiger partial charge in [0.15, 0.2) is 5.78 Å². The van der Waals surface area contributed by atoms with E-state index in [-0.39, 0.29) is 16.9 Å². The maximum Gasteiger partial charge on any atom is 0.155 e. The van der Waals surface area contributed by atoms with E-state index in [1.165, 1.54) is 24.8 Å². The molecule has 0 aromatic heterocycles. The quantitative estimate of drug-likeness (QED) is 0.830. The van der Waals surface area contributed by atoms with Gasteiger partial charge in [-0.05, 0) is 93.2 Å². The molecule has 3 heteroatoms. The van der Waals surface area contributed by atoms with Gasteiger partial charge in [0.05, 0.1) is 6.10 Å². The monoisotopic (exact) mass is 345 g/mol. The third kappa shape index (κ3) is 2.56. The number of fused-ring (bicyclic) bond motifs is 5. The minimum absolute atomic E-state index is 0.0528. The number of carbonyl (C=O) groups is 1. The molecule has 4 aliphatic carbocycles. The number of allylic oxidation sites excluding steroid dienone is 1. The molecule has 3 fully saturated rings. The van der Waals surface area contributed by atoms with E-state index < -0.39 is 0 Å². The van der Waals surface area contributed by atoms with Gasteiger partial charge in [-0.3, -0.25) is 4.79 Å². The van der Waals surface area contributed by atoms with E-state index in [0.717, 1.165) is 31.7 Å². The second kappa shape index (κ2) is 5.92. The summed E-state index contributed by atoms with van der Waals surface area (Å²) in [5.41, 5.74) is 1.68. The van der Waals surface area contributed by atoms with E-state index in [2.05, 4.69) is 32.8 Å². The van der Waals surface area contributed by atoms with Crippen molar-refractivity contribution in [3.63, 3.8) is 0 Å². The van der Waals surface area contributed by atoms with E-state index in [1.807, 2.05) is 6.08 Å². The summed E-state index contributed by atoms with van der Waals surface area (Å²) in [6.45, 7) is 5.96. The number of carbonyl (C=O) groups excluding carboxylic acids is 1. The summed E-state index contributed by atoms with van der Waals surface area (Å²) < 4.78 is 0. The lowest BCUT2D eigenvalue weighted by Gasteiger charge is -2.60. The van der Waals surface area contributed by atoms with Crippen LogP contribution in [0.1, 0.15) is 58.8 Å². The lowest BCUT2D eigenvalue weighted by molar-refractivity contribution is -0.134. The van der Waals surface area contributed by atoms with Crippen LogP contribution in [0.4, 0.5) is 0 Å². The number of aliphatic hydroxyl groups is 1. The van der Waals surface area contributed by atoms with Crippen LogP contribution in [-0.4, -0.2) is 42.5 Å². The Balaban J connectivity index is 1.66. The van der Waals surface area contributed by atoms with Crippen molar-refractivity contribution in [2.24, 2.45) is 34.5 Å². The van der Waals surface area contributed by atoms with E-state index in [1.54, 1.807) is 0 Å². The van der Waals surface area contributed by atoms with Gasteiger partial charge in [-0.2, -0.15) is 0 Å². The van der Waals surface area contributed by atoms with Gasteiger partial charge in [-0.15, -0.1) is 0 Å². The lowest BCUT2D eigenvalue weighted by atomic mass is 9.46. The Labute approximate surface area is 152 Å². The minimum atomic E-state index is -0.212. The molecule has 0 saturated heterocycles. The number of ketones is 1. The summed E-state index contributed by atoms with van der Waals surface area (Å²) >= 11 is 0. The molecular weight excluding hydrogens is 310 g/mol. The fourth-order valence-corrected chi connectivity index (χ4v) is 7.53. The van der Waals surface area contributed by atoms with Crippen molar-refractivity contribution in [2.45, 2.75) is 64.9 Å². The van der Waals surface area contributed by atoms with Crippen molar-refractivity contribution in [2.75, 3.05) is 20.6 Å². The SMILES string of the molecule is CN(C)C[C@H]1CCC2C3CCC4=CC(=O)CC[C@]4(C)C3[C@@H](O)C[C@@]21C. The molecule has 0 spiro atoms. The number of hydrogen-bond acceptors (Lipinski definition) is 3. The second-order valence-corrected chi connectivity index (χ2v) is 10.2. The zero-order valence-corrected chi connectivity index (χ0v) is 16.4. The van der Waals surface area contributed by atoms with Crippen LogP contribution < -0.4 is 0 Å². The Kier molecular flexibility index (Phi) is 4.20. The van der Waals surface area contributed by atoms with Gasteiger partial charge < -0.3 is 10.0 Å². The second-order valence-electron chi connectivity index (χ2n) is 10.2.